The molecule has 0 bridgehead atoms. The average Bonchev–Trinajstić information content (AvgIpc) is 2.64. The Morgan fingerprint density at radius 3 is 2.56 bits per heavy atom. The molecule has 2 heterocycles. The number of nitrogens with zero attached hydrogens (tertiary/aromatic N) is 3. The molecule has 132 valence electrons. The van der Waals surface area contributed by atoms with Gasteiger partial charge in [0.15, 0.2) is 5.82 Å². The minimum absolute atomic E-state index is 0.312. The van der Waals surface area contributed by atoms with Gasteiger partial charge in [0.05, 0.1) is 23.8 Å². The molecule has 0 unspecified atom stereocenters. The molecular weight excluding hydrogens is 342 g/mol. The van der Waals surface area contributed by atoms with Crippen LogP contribution >= 0.6 is 11.6 Å². The van der Waals surface area contributed by atoms with Gasteiger partial charge in [-0.25, -0.2) is 0 Å². The number of morpholine rings is 1. The second-order valence-electron chi connectivity index (χ2n) is 5.62. The fourth-order valence-electron chi connectivity index (χ4n) is 2.49. The van der Waals surface area contributed by atoms with Gasteiger partial charge in [0, 0.05) is 26.2 Å². The molecule has 8 heteroatoms. The van der Waals surface area contributed by atoms with Crippen LogP contribution in [0.3, 0.4) is 0 Å². The largest absolute Gasteiger partial charge is 0.379 e. The zero-order valence-electron chi connectivity index (χ0n) is 13.7. The van der Waals surface area contributed by atoms with Crippen molar-refractivity contribution >= 4 is 29.1 Å². The van der Waals surface area contributed by atoms with Crippen molar-refractivity contribution < 1.29 is 9.53 Å². The summed E-state index contributed by atoms with van der Waals surface area (Å²) < 4.78 is 5.32. The molecular formula is C17H20ClN5O2. The summed E-state index contributed by atoms with van der Waals surface area (Å²) in [5.41, 5.74) is 0.402. The molecule has 1 amide bonds. The van der Waals surface area contributed by atoms with Crippen LogP contribution in [-0.4, -0.2) is 60.4 Å². The second-order valence-corrected chi connectivity index (χ2v) is 6.03. The van der Waals surface area contributed by atoms with Crippen LogP contribution in [0, 0.1) is 0 Å². The third-order valence-electron chi connectivity index (χ3n) is 3.86. The molecule has 1 aromatic carbocycles. The summed E-state index contributed by atoms with van der Waals surface area (Å²) in [5, 5.41) is 14.4. The first kappa shape index (κ1) is 17.6. The topological polar surface area (TPSA) is 79.4 Å². The number of carbonyl (C=O) groups is 1. The lowest BCUT2D eigenvalue weighted by atomic mass is 10.2. The van der Waals surface area contributed by atoms with Gasteiger partial charge in [-0.1, -0.05) is 23.7 Å². The van der Waals surface area contributed by atoms with Gasteiger partial charge in [0.25, 0.3) is 5.91 Å². The number of amides is 1. The molecule has 1 aliphatic rings. The predicted octanol–water partition coefficient (Wildman–Crippen LogP) is 2.13. The number of halogens is 1. The molecule has 2 N–H and O–H groups in total. The number of benzene rings is 1. The Kier molecular flexibility index (Phi) is 6.16. The van der Waals surface area contributed by atoms with Gasteiger partial charge >= 0.3 is 0 Å². The normalized spacial score (nSPS) is 14.9. The quantitative estimate of drug-likeness (QED) is 0.820. The van der Waals surface area contributed by atoms with Crippen molar-refractivity contribution in [3.05, 3.63) is 47.0 Å². The van der Waals surface area contributed by atoms with Gasteiger partial charge in [-0.3, -0.25) is 9.69 Å². The first-order valence-corrected chi connectivity index (χ1v) is 8.54. The maximum absolute atomic E-state index is 12.2. The van der Waals surface area contributed by atoms with Crippen molar-refractivity contribution in [1.29, 1.82) is 0 Å². The molecule has 1 aliphatic heterocycles. The standard InChI is InChI=1S/C17H20ClN5O2/c18-14-4-2-1-3-13(14)17(24)20-16-6-5-15(21-22-16)19-7-8-23-9-11-25-12-10-23/h1-6H,7-12H2,(H,19,21)(H,20,22,24). The van der Waals surface area contributed by atoms with E-state index in [1.807, 2.05) is 0 Å². The monoisotopic (exact) mass is 361 g/mol. The summed E-state index contributed by atoms with van der Waals surface area (Å²) in [6, 6.07) is 10.4. The van der Waals surface area contributed by atoms with Gasteiger partial charge in [0.2, 0.25) is 0 Å². The van der Waals surface area contributed by atoms with E-state index < -0.39 is 0 Å². The van der Waals surface area contributed by atoms with E-state index in [4.69, 9.17) is 16.3 Å². The highest BCUT2D eigenvalue weighted by atomic mass is 35.5. The molecule has 0 aliphatic carbocycles. The third-order valence-corrected chi connectivity index (χ3v) is 4.19. The van der Waals surface area contributed by atoms with Crippen molar-refractivity contribution in [2.45, 2.75) is 0 Å². The zero-order valence-corrected chi connectivity index (χ0v) is 14.5. The van der Waals surface area contributed by atoms with Gasteiger partial charge < -0.3 is 15.4 Å². The van der Waals surface area contributed by atoms with Crippen LogP contribution in [0.1, 0.15) is 10.4 Å². The lowest BCUT2D eigenvalue weighted by Crippen LogP contribution is -2.39. The van der Waals surface area contributed by atoms with Crippen LogP contribution in [0.2, 0.25) is 5.02 Å². The molecule has 0 saturated carbocycles. The van der Waals surface area contributed by atoms with E-state index in [9.17, 15) is 4.79 Å². The molecule has 2 aromatic rings. The number of carbonyl (C=O) groups excluding carboxylic acids is 1. The van der Waals surface area contributed by atoms with E-state index in [1.165, 1.54) is 0 Å². The lowest BCUT2D eigenvalue weighted by Gasteiger charge is -2.26. The first-order chi connectivity index (χ1) is 12.2. The van der Waals surface area contributed by atoms with E-state index in [2.05, 4.69) is 25.7 Å². The molecule has 1 saturated heterocycles. The molecule has 0 atom stereocenters. The molecule has 25 heavy (non-hydrogen) atoms. The minimum atomic E-state index is -0.312. The van der Waals surface area contributed by atoms with Crippen LogP contribution in [0.25, 0.3) is 0 Å². The zero-order chi connectivity index (χ0) is 17.5. The third kappa shape index (κ3) is 5.12. The maximum Gasteiger partial charge on any atom is 0.258 e. The summed E-state index contributed by atoms with van der Waals surface area (Å²) in [6.07, 6.45) is 0. The molecule has 1 fully saturated rings. The summed E-state index contributed by atoms with van der Waals surface area (Å²) in [6.45, 7) is 5.20. The SMILES string of the molecule is O=C(Nc1ccc(NCCN2CCOCC2)nn1)c1ccccc1Cl. The second kappa shape index (κ2) is 8.75. The number of ether oxygens (including phenoxy) is 1. The number of nitrogens with one attached hydrogen (secondary N) is 2. The van der Waals surface area contributed by atoms with Crippen molar-refractivity contribution in [2.75, 3.05) is 50.0 Å². The average molecular weight is 362 g/mol. The highest BCUT2D eigenvalue weighted by Gasteiger charge is 2.11. The first-order valence-electron chi connectivity index (χ1n) is 8.16. The van der Waals surface area contributed by atoms with Gasteiger partial charge in [-0.05, 0) is 24.3 Å². The van der Waals surface area contributed by atoms with Crippen LogP contribution < -0.4 is 10.6 Å². The Labute approximate surface area is 151 Å². The number of aromatic nitrogens is 2. The predicted molar refractivity (Wildman–Crippen MR) is 97.2 cm³/mol. The fourth-order valence-corrected chi connectivity index (χ4v) is 2.71. The Bertz CT molecular complexity index is 704. The summed E-state index contributed by atoms with van der Waals surface area (Å²) >= 11 is 6.01. The highest BCUT2D eigenvalue weighted by Crippen LogP contribution is 2.16. The van der Waals surface area contributed by atoms with E-state index in [0.717, 1.165) is 39.4 Å². The Hall–Kier alpha value is -2.22. The smallest absolute Gasteiger partial charge is 0.258 e. The molecule has 0 radical (unpaired) electrons. The summed E-state index contributed by atoms with van der Waals surface area (Å²) in [4.78, 5) is 14.5. The summed E-state index contributed by atoms with van der Waals surface area (Å²) in [5.74, 6) is 0.737. The van der Waals surface area contributed by atoms with E-state index in [-0.39, 0.29) is 5.91 Å². The summed E-state index contributed by atoms with van der Waals surface area (Å²) in [7, 11) is 0. The Balaban J connectivity index is 1.48. The Morgan fingerprint density at radius 1 is 1.12 bits per heavy atom. The van der Waals surface area contributed by atoms with Gasteiger partial charge in [-0.15, -0.1) is 10.2 Å². The number of hydrogen-bond donors (Lipinski definition) is 2. The van der Waals surface area contributed by atoms with E-state index in [0.29, 0.717) is 22.2 Å². The maximum atomic E-state index is 12.2. The van der Waals surface area contributed by atoms with Crippen molar-refractivity contribution in [1.82, 2.24) is 15.1 Å². The van der Waals surface area contributed by atoms with E-state index in [1.54, 1.807) is 36.4 Å². The molecule has 7 nitrogen and oxygen atoms in total. The van der Waals surface area contributed by atoms with Crippen molar-refractivity contribution in [2.24, 2.45) is 0 Å². The van der Waals surface area contributed by atoms with Crippen molar-refractivity contribution in [3.8, 4) is 0 Å². The number of anilines is 2. The highest BCUT2D eigenvalue weighted by molar-refractivity contribution is 6.34. The van der Waals surface area contributed by atoms with Crippen LogP contribution in [-0.2, 0) is 4.74 Å². The Morgan fingerprint density at radius 2 is 1.84 bits per heavy atom. The number of hydrogen-bond acceptors (Lipinski definition) is 6. The van der Waals surface area contributed by atoms with Crippen LogP contribution in [0.15, 0.2) is 36.4 Å². The van der Waals surface area contributed by atoms with Crippen LogP contribution in [0.4, 0.5) is 11.6 Å². The van der Waals surface area contributed by atoms with Gasteiger partial charge in [0.1, 0.15) is 5.82 Å². The lowest BCUT2D eigenvalue weighted by molar-refractivity contribution is 0.0398. The molecule has 3 rings (SSSR count). The number of rotatable bonds is 6. The van der Waals surface area contributed by atoms with Crippen LogP contribution in [0.5, 0.6) is 0 Å². The molecule has 0 spiro atoms. The molecule has 1 aromatic heterocycles. The fraction of sp³-hybridized carbons (Fsp3) is 0.353. The van der Waals surface area contributed by atoms with Crippen molar-refractivity contribution in [3.63, 3.8) is 0 Å². The van der Waals surface area contributed by atoms with Gasteiger partial charge in [-0.2, -0.15) is 0 Å². The van der Waals surface area contributed by atoms with E-state index >= 15 is 0 Å². The minimum Gasteiger partial charge on any atom is -0.379 e.